The Balaban J connectivity index is 1.38. The Morgan fingerprint density at radius 3 is 2.50 bits per heavy atom. The summed E-state index contributed by atoms with van der Waals surface area (Å²) in [5.41, 5.74) is 3.36. The Bertz CT molecular complexity index is 1530. The van der Waals surface area contributed by atoms with Crippen molar-refractivity contribution in [3.63, 3.8) is 0 Å². The molecule has 1 aliphatic carbocycles. The van der Waals surface area contributed by atoms with Gasteiger partial charge in [0.05, 0.1) is 23.3 Å². The lowest BCUT2D eigenvalue weighted by molar-refractivity contribution is -0.117. The van der Waals surface area contributed by atoms with Crippen molar-refractivity contribution in [1.29, 1.82) is 0 Å². The van der Waals surface area contributed by atoms with Gasteiger partial charge in [-0.25, -0.2) is 14.4 Å². The third kappa shape index (κ3) is 5.72. The fourth-order valence-corrected chi connectivity index (χ4v) is 4.00. The molecular formula is C29H27FN6O2. The smallest absolute Gasteiger partial charge is 0.255 e. The third-order valence-electron chi connectivity index (χ3n) is 6.31. The molecule has 0 spiro atoms. The SMILES string of the molecule is Cc1ncc(NC(=O)c2ccnc(C(C)(C)F)c2)cc1-c1cccc(-c2cc(NC(=O)C3CC3)ncn2)c1. The van der Waals surface area contributed by atoms with E-state index in [0.29, 0.717) is 22.8 Å². The number of rotatable bonds is 7. The monoisotopic (exact) mass is 510 g/mol. The van der Waals surface area contributed by atoms with E-state index in [2.05, 4.69) is 30.6 Å². The number of amides is 2. The predicted molar refractivity (Wildman–Crippen MR) is 143 cm³/mol. The van der Waals surface area contributed by atoms with Gasteiger partial charge in [-0.05, 0) is 63.4 Å². The highest BCUT2D eigenvalue weighted by Crippen LogP contribution is 2.32. The molecule has 1 aromatic carbocycles. The molecular weight excluding hydrogens is 483 g/mol. The summed E-state index contributed by atoms with van der Waals surface area (Å²) in [7, 11) is 0. The van der Waals surface area contributed by atoms with Crippen LogP contribution in [0.4, 0.5) is 15.9 Å². The van der Waals surface area contributed by atoms with Gasteiger partial charge in [-0.1, -0.05) is 18.2 Å². The van der Waals surface area contributed by atoms with Crippen LogP contribution in [0, 0.1) is 12.8 Å². The first kappa shape index (κ1) is 25.1. The summed E-state index contributed by atoms with van der Waals surface area (Å²) in [6, 6.07) is 14.4. The molecule has 5 rings (SSSR count). The number of carbonyl (C=O) groups excluding carboxylic acids is 2. The Hall–Kier alpha value is -4.53. The molecule has 0 radical (unpaired) electrons. The zero-order valence-corrected chi connectivity index (χ0v) is 21.3. The second-order valence-corrected chi connectivity index (χ2v) is 9.85. The lowest BCUT2D eigenvalue weighted by Gasteiger charge is -2.14. The van der Waals surface area contributed by atoms with E-state index in [0.717, 1.165) is 35.2 Å². The van der Waals surface area contributed by atoms with Crippen molar-refractivity contribution in [3.8, 4) is 22.4 Å². The van der Waals surface area contributed by atoms with Crippen molar-refractivity contribution in [2.45, 2.75) is 39.3 Å². The highest BCUT2D eigenvalue weighted by Gasteiger charge is 2.29. The number of alkyl halides is 1. The van der Waals surface area contributed by atoms with Crippen LogP contribution in [0.1, 0.15) is 48.4 Å². The van der Waals surface area contributed by atoms with Gasteiger partial charge in [0, 0.05) is 40.6 Å². The number of hydrogen-bond acceptors (Lipinski definition) is 6. The topological polar surface area (TPSA) is 110 Å². The first-order chi connectivity index (χ1) is 18.2. The Kier molecular flexibility index (Phi) is 6.67. The molecule has 0 aliphatic heterocycles. The van der Waals surface area contributed by atoms with E-state index in [9.17, 15) is 14.0 Å². The first-order valence-electron chi connectivity index (χ1n) is 12.3. The number of aryl methyl sites for hydroxylation is 1. The minimum absolute atomic E-state index is 0.0136. The molecule has 0 saturated heterocycles. The molecule has 2 N–H and O–H groups in total. The Labute approximate surface area is 219 Å². The number of nitrogens with zero attached hydrogens (tertiary/aromatic N) is 4. The lowest BCUT2D eigenvalue weighted by Crippen LogP contribution is -2.16. The van der Waals surface area contributed by atoms with Crippen LogP contribution in [-0.4, -0.2) is 31.8 Å². The van der Waals surface area contributed by atoms with Crippen LogP contribution >= 0.6 is 0 Å². The second kappa shape index (κ2) is 10.1. The van der Waals surface area contributed by atoms with Gasteiger partial charge in [-0.15, -0.1) is 0 Å². The maximum absolute atomic E-state index is 14.3. The van der Waals surface area contributed by atoms with E-state index >= 15 is 0 Å². The van der Waals surface area contributed by atoms with E-state index in [1.54, 1.807) is 18.3 Å². The number of benzene rings is 1. The van der Waals surface area contributed by atoms with Crippen LogP contribution in [-0.2, 0) is 10.5 Å². The molecule has 3 aromatic heterocycles. The van der Waals surface area contributed by atoms with Gasteiger partial charge in [0.15, 0.2) is 0 Å². The minimum Gasteiger partial charge on any atom is -0.321 e. The summed E-state index contributed by atoms with van der Waals surface area (Å²) in [5, 5.41) is 5.70. The normalized spacial score (nSPS) is 13.2. The second-order valence-electron chi connectivity index (χ2n) is 9.85. The molecule has 38 heavy (non-hydrogen) atoms. The Morgan fingerprint density at radius 1 is 0.947 bits per heavy atom. The van der Waals surface area contributed by atoms with Crippen molar-refractivity contribution in [1.82, 2.24) is 19.9 Å². The van der Waals surface area contributed by atoms with E-state index < -0.39 is 5.67 Å². The number of aromatic nitrogens is 4. The Morgan fingerprint density at radius 2 is 1.74 bits per heavy atom. The standard InChI is InChI=1S/C29H27FN6O2/c1-17-23(13-22(15-32-17)35-28(38)21-9-10-31-25(12-21)29(2,3)30)19-5-4-6-20(11-19)24-14-26(34-16-33-24)36-27(37)18-7-8-18/h4-6,9-16,18H,7-8H2,1-3H3,(H,35,38)(H,33,34,36,37). The van der Waals surface area contributed by atoms with Crippen LogP contribution in [0.3, 0.4) is 0 Å². The van der Waals surface area contributed by atoms with Crippen LogP contribution in [0.2, 0.25) is 0 Å². The van der Waals surface area contributed by atoms with Crippen molar-refractivity contribution >= 4 is 23.3 Å². The van der Waals surface area contributed by atoms with E-state index in [1.165, 1.54) is 32.4 Å². The number of carbonyl (C=O) groups is 2. The molecule has 3 heterocycles. The van der Waals surface area contributed by atoms with Gasteiger partial charge < -0.3 is 10.6 Å². The average Bonchev–Trinajstić information content (AvgIpc) is 3.75. The van der Waals surface area contributed by atoms with Gasteiger partial charge in [-0.2, -0.15) is 0 Å². The maximum atomic E-state index is 14.3. The van der Waals surface area contributed by atoms with Gasteiger partial charge in [0.25, 0.3) is 5.91 Å². The molecule has 1 aliphatic rings. The quantitative estimate of drug-likeness (QED) is 0.329. The predicted octanol–water partition coefficient (Wildman–Crippen LogP) is 5.71. The van der Waals surface area contributed by atoms with Crippen LogP contribution in [0.25, 0.3) is 22.4 Å². The fraction of sp³-hybridized carbons (Fsp3) is 0.241. The summed E-state index contributed by atoms with van der Waals surface area (Å²) < 4.78 is 14.3. The van der Waals surface area contributed by atoms with Gasteiger partial charge >= 0.3 is 0 Å². The summed E-state index contributed by atoms with van der Waals surface area (Å²) in [5.74, 6) is 0.150. The highest BCUT2D eigenvalue weighted by atomic mass is 19.1. The van der Waals surface area contributed by atoms with Crippen molar-refractivity contribution < 1.29 is 14.0 Å². The van der Waals surface area contributed by atoms with E-state index in [-0.39, 0.29) is 23.4 Å². The van der Waals surface area contributed by atoms with Gasteiger partial charge in [0.2, 0.25) is 5.91 Å². The first-order valence-corrected chi connectivity index (χ1v) is 12.3. The summed E-state index contributed by atoms with van der Waals surface area (Å²) in [6.45, 7) is 4.68. The molecule has 192 valence electrons. The third-order valence-corrected chi connectivity index (χ3v) is 6.31. The molecule has 0 bridgehead atoms. The molecule has 4 aromatic rings. The maximum Gasteiger partial charge on any atom is 0.255 e. The summed E-state index contributed by atoms with van der Waals surface area (Å²) in [4.78, 5) is 42.1. The van der Waals surface area contributed by atoms with Crippen LogP contribution in [0.5, 0.6) is 0 Å². The molecule has 8 nitrogen and oxygen atoms in total. The van der Waals surface area contributed by atoms with Crippen molar-refractivity contribution in [2.24, 2.45) is 5.92 Å². The number of anilines is 2. The number of nitrogens with one attached hydrogen (secondary N) is 2. The number of hydrogen-bond donors (Lipinski definition) is 2. The van der Waals surface area contributed by atoms with Crippen molar-refractivity contribution in [3.05, 3.63) is 84.2 Å². The number of pyridine rings is 2. The van der Waals surface area contributed by atoms with Crippen molar-refractivity contribution in [2.75, 3.05) is 10.6 Å². The molecule has 1 fully saturated rings. The molecule has 2 amide bonds. The van der Waals surface area contributed by atoms with Crippen LogP contribution in [0.15, 0.2) is 67.3 Å². The average molecular weight is 511 g/mol. The zero-order valence-electron chi connectivity index (χ0n) is 21.3. The molecule has 1 saturated carbocycles. The largest absolute Gasteiger partial charge is 0.321 e. The molecule has 0 atom stereocenters. The number of halogens is 1. The molecule has 9 heteroatoms. The van der Waals surface area contributed by atoms with Gasteiger partial charge in [-0.3, -0.25) is 19.6 Å². The van der Waals surface area contributed by atoms with E-state index in [1.807, 2.05) is 37.3 Å². The highest BCUT2D eigenvalue weighted by molar-refractivity contribution is 6.04. The minimum atomic E-state index is -1.66. The lowest BCUT2D eigenvalue weighted by atomic mass is 10.00. The summed E-state index contributed by atoms with van der Waals surface area (Å²) in [6.07, 6.45) is 6.27. The summed E-state index contributed by atoms with van der Waals surface area (Å²) >= 11 is 0. The zero-order chi connectivity index (χ0) is 26.9. The van der Waals surface area contributed by atoms with Crippen LogP contribution < -0.4 is 10.6 Å². The molecule has 0 unspecified atom stereocenters. The van der Waals surface area contributed by atoms with E-state index in [4.69, 9.17) is 0 Å². The van der Waals surface area contributed by atoms with Gasteiger partial charge in [0.1, 0.15) is 17.8 Å². The fourth-order valence-electron chi connectivity index (χ4n) is 4.00.